The third-order valence-electron chi connectivity index (χ3n) is 5.14. The average molecular weight is 381 g/mol. The molecule has 2 fully saturated rings. The lowest BCUT2D eigenvalue weighted by atomic mass is 10.1. The quantitative estimate of drug-likeness (QED) is 0.757. The molecular weight excluding hydrogens is 352 g/mol. The highest BCUT2D eigenvalue weighted by atomic mass is 32.2. The highest BCUT2D eigenvalue weighted by Crippen LogP contribution is 2.21. The van der Waals surface area contributed by atoms with E-state index < -0.39 is 10.0 Å². The van der Waals surface area contributed by atoms with E-state index in [4.69, 9.17) is 4.74 Å². The number of rotatable bonds is 6. The Hall–Kier alpha value is -1.44. The van der Waals surface area contributed by atoms with Crippen LogP contribution in [-0.4, -0.2) is 62.4 Å². The molecule has 26 heavy (non-hydrogen) atoms. The van der Waals surface area contributed by atoms with E-state index in [-0.39, 0.29) is 12.0 Å². The summed E-state index contributed by atoms with van der Waals surface area (Å²) in [6.07, 6.45) is 4.54. The maximum Gasteiger partial charge on any atom is 0.251 e. The van der Waals surface area contributed by atoms with Gasteiger partial charge in [0.15, 0.2) is 0 Å². The second kappa shape index (κ2) is 8.50. The molecule has 2 aliphatic heterocycles. The minimum absolute atomic E-state index is 0.000162. The topological polar surface area (TPSA) is 66.9 Å². The summed E-state index contributed by atoms with van der Waals surface area (Å²) in [5.41, 5.74) is 1.16. The Kier molecular flexibility index (Phi) is 6.32. The number of benzene rings is 1. The molecule has 0 spiro atoms. The number of hydrogen-bond donors (Lipinski definition) is 0. The molecule has 1 amide bonds. The van der Waals surface area contributed by atoms with Gasteiger partial charge in [0.2, 0.25) is 10.0 Å². The Balaban J connectivity index is 1.59. The second-order valence-electron chi connectivity index (χ2n) is 6.98. The molecule has 144 valence electrons. The molecular formula is C19H28N2O4S. The summed E-state index contributed by atoms with van der Waals surface area (Å²) in [6.45, 7) is 4.29. The van der Waals surface area contributed by atoms with Crippen LogP contribution in [0.15, 0.2) is 29.2 Å². The van der Waals surface area contributed by atoms with Crippen LogP contribution in [0, 0.1) is 0 Å². The zero-order chi connectivity index (χ0) is 18.6. The second-order valence-corrected chi connectivity index (χ2v) is 8.92. The van der Waals surface area contributed by atoms with Crippen LogP contribution in [-0.2, 0) is 26.0 Å². The summed E-state index contributed by atoms with van der Waals surface area (Å²) in [6, 6.07) is 7.20. The van der Waals surface area contributed by atoms with E-state index in [0.717, 1.165) is 37.7 Å². The average Bonchev–Trinajstić information content (AvgIpc) is 3.21. The lowest BCUT2D eigenvalue weighted by Crippen LogP contribution is -2.52. The van der Waals surface area contributed by atoms with Gasteiger partial charge in [-0.15, -0.1) is 0 Å². The van der Waals surface area contributed by atoms with E-state index in [2.05, 4.69) is 6.92 Å². The number of sulfonamides is 1. The van der Waals surface area contributed by atoms with Crippen LogP contribution in [0.25, 0.3) is 0 Å². The molecule has 7 heteroatoms. The third kappa shape index (κ3) is 4.27. The largest absolute Gasteiger partial charge is 0.368 e. The van der Waals surface area contributed by atoms with Crippen molar-refractivity contribution in [1.82, 2.24) is 9.21 Å². The van der Waals surface area contributed by atoms with Gasteiger partial charge in [-0.2, -0.15) is 4.31 Å². The van der Waals surface area contributed by atoms with Crippen molar-refractivity contribution in [3.05, 3.63) is 29.8 Å². The van der Waals surface area contributed by atoms with Crippen molar-refractivity contribution in [2.45, 2.75) is 50.0 Å². The van der Waals surface area contributed by atoms with Gasteiger partial charge in [0, 0.05) is 32.8 Å². The molecule has 2 heterocycles. The Morgan fingerprint density at radius 3 is 2.42 bits per heavy atom. The first-order valence-corrected chi connectivity index (χ1v) is 11.0. The van der Waals surface area contributed by atoms with Crippen LogP contribution in [0.3, 0.4) is 0 Å². The van der Waals surface area contributed by atoms with Crippen molar-refractivity contribution < 1.29 is 17.9 Å². The van der Waals surface area contributed by atoms with Crippen LogP contribution >= 0.6 is 0 Å². The Morgan fingerprint density at radius 2 is 1.85 bits per heavy atom. The number of unbranched alkanes of at least 4 members (excludes halogenated alkanes) is 1. The molecule has 6 nitrogen and oxygen atoms in total. The van der Waals surface area contributed by atoms with E-state index in [1.165, 1.54) is 4.31 Å². The van der Waals surface area contributed by atoms with Crippen molar-refractivity contribution >= 4 is 15.9 Å². The van der Waals surface area contributed by atoms with Crippen LogP contribution in [0.1, 0.15) is 38.2 Å². The van der Waals surface area contributed by atoms with Crippen LogP contribution in [0.4, 0.5) is 0 Å². The zero-order valence-corrected chi connectivity index (χ0v) is 16.2. The first-order valence-electron chi connectivity index (χ1n) is 9.52. The van der Waals surface area contributed by atoms with Gasteiger partial charge in [-0.3, -0.25) is 4.79 Å². The lowest BCUT2D eigenvalue weighted by molar-refractivity contribution is -0.142. The van der Waals surface area contributed by atoms with Crippen molar-refractivity contribution in [2.75, 3.05) is 32.8 Å². The molecule has 2 aliphatic rings. The number of carbonyl (C=O) groups is 1. The number of carbonyl (C=O) groups excluding carboxylic acids is 1. The number of nitrogens with zero attached hydrogens (tertiary/aromatic N) is 2. The van der Waals surface area contributed by atoms with E-state index >= 15 is 0 Å². The SMILES string of the molecule is CCCCc1ccc(S(=O)(=O)N2CCN(C(=O)[C@@H]3CCCO3)CC2)cc1. The maximum absolute atomic E-state index is 12.8. The van der Waals surface area contributed by atoms with Crippen molar-refractivity contribution in [3.8, 4) is 0 Å². The molecule has 0 saturated carbocycles. The highest BCUT2D eigenvalue weighted by molar-refractivity contribution is 7.89. The smallest absolute Gasteiger partial charge is 0.251 e. The number of ether oxygens (including phenoxy) is 1. The first-order chi connectivity index (χ1) is 12.5. The molecule has 0 unspecified atom stereocenters. The summed E-state index contributed by atoms with van der Waals surface area (Å²) in [5.74, 6) is -0.000162. The van der Waals surface area contributed by atoms with Gasteiger partial charge in [-0.1, -0.05) is 25.5 Å². The van der Waals surface area contributed by atoms with E-state index in [9.17, 15) is 13.2 Å². The van der Waals surface area contributed by atoms with Gasteiger partial charge in [-0.25, -0.2) is 8.42 Å². The predicted octanol–water partition coefficient (Wildman–Crippen LogP) is 2.04. The standard InChI is InChI=1S/C19H28N2O4S/c1-2-3-5-16-7-9-17(10-8-16)26(23,24)21-13-11-20(12-14-21)19(22)18-6-4-15-25-18/h7-10,18H,2-6,11-15H2,1H3/t18-/m0/s1. The van der Waals surface area contributed by atoms with Gasteiger partial charge in [0.05, 0.1) is 4.90 Å². The summed E-state index contributed by atoms with van der Waals surface area (Å²) in [7, 11) is -3.50. The van der Waals surface area contributed by atoms with Gasteiger partial charge >= 0.3 is 0 Å². The molecule has 2 saturated heterocycles. The van der Waals surface area contributed by atoms with Crippen molar-refractivity contribution in [1.29, 1.82) is 0 Å². The Bertz CT molecular complexity index is 704. The van der Waals surface area contributed by atoms with E-state index in [1.54, 1.807) is 17.0 Å². The molecule has 1 aromatic carbocycles. The van der Waals surface area contributed by atoms with E-state index in [0.29, 0.717) is 37.7 Å². The molecule has 0 radical (unpaired) electrons. The van der Waals surface area contributed by atoms with Crippen LogP contribution in [0.5, 0.6) is 0 Å². The fraction of sp³-hybridized carbons (Fsp3) is 0.632. The Morgan fingerprint density at radius 1 is 1.15 bits per heavy atom. The van der Waals surface area contributed by atoms with Crippen LogP contribution in [0.2, 0.25) is 0 Å². The molecule has 0 bridgehead atoms. The van der Waals surface area contributed by atoms with Crippen molar-refractivity contribution in [2.24, 2.45) is 0 Å². The number of piperazine rings is 1. The minimum Gasteiger partial charge on any atom is -0.368 e. The lowest BCUT2D eigenvalue weighted by Gasteiger charge is -2.35. The summed E-state index contributed by atoms with van der Waals surface area (Å²) in [5, 5.41) is 0. The van der Waals surface area contributed by atoms with Crippen molar-refractivity contribution in [3.63, 3.8) is 0 Å². The molecule has 1 aromatic rings. The minimum atomic E-state index is -3.50. The van der Waals surface area contributed by atoms with Gasteiger partial charge < -0.3 is 9.64 Å². The van der Waals surface area contributed by atoms with Gasteiger partial charge in [-0.05, 0) is 43.4 Å². The first kappa shape index (κ1) is 19.3. The maximum atomic E-state index is 12.8. The van der Waals surface area contributed by atoms with Gasteiger partial charge in [0.25, 0.3) is 5.91 Å². The van der Waals surface area contributed by atoms with Crippen LogP contribution < -0.4 is 0 Å². The summed E-state index contributed by atoms with van der Waals surface area (Å²) in [4.78, 5) is 14.4. The summed E-state index contributed by atoms with van der Waals surface area (Å²) >= 11 is 0. The fourth-order valence-electron chi connectivity index (χ4n) is 3.48. The third-order valence-corrected chi connectivity index (χ3v) is 7.05. The zero-order valence-electron chi connectivity index (χ0n) is 15.4. The number of aryl methyl sites for hydroxylation is 1. The monoisotopic (exact) mass is 380 g/mol. The predicted molar refractivity (Wildman–Crippen MR) is 99.4 cm³/mol. The van der Waals surface area contributed by atoms with Gasteiger partial charge in [0.1, 0.15) is 6.10 Å². The molecule has 0 aliphatic carbocycles. The van der Waals surface area contributed by atoms with E-state index in [1.807, 2.05) is 12.1 Å². The Labute approximate surface area is 156 Å². The summed E-state index contributed by atoms with van der Waals surface area (Å²) < 4.78 is 32.6. The number of hydrogen-bond acceptors (Lipinski definition) is 4. The molecule has 0 aromatic heterocycles. The molecule has 3 rings (SSSR count). The molecule has 1 atom stereocenters. The molecule has 0 N–H and O–H groups in total. The normalized spacial score (nSPS) is 21.9. The fourth-order valence-corrected chi connectivity index (χ4v) is 4.91. The number of amides is 1. The highest BCUT2D eigenvalue weighted by Gasteiger charge is 2.33.